The highest BCUT2D eigenvalue weighted by Gasteiger charge is 2.19. The van der Waals surface area contributed by atoms with E-state index in [-0.39, 0.29) is 0 Å². The number of nitrogens with zero attached hydrogens (tertiary/aromatic N) is 7. The van der Waals surface area contributed by atoms with Crippen molar-refractivity contribution in [3.8, 4) is 22.9 Å². The van der Waals surface area contributed by atoms with Gasteiger partial charge in [-0.3, -0.25) is 5.10 Å². The van der Waals surface area contributed by atoms with Gasteiger partial charge in [-0.05, 0) is 18.6 Å². The molecule has 0 atom stereocenters. The summed E-state index contributed by atoms with van der Waals surface area (Å²) in [5, 5.41) is 17.9. The predicted molar refractivity (Wildman–Crippen MR) is 114 cm³/mol. The Morgan fingerprint density at radius 2 is 2.17 bits per heavy atom. The second kappa shape index (κ2) is 7.35. The van der Waals surface area contributed by atoms with E-state index in [0.29, 0.717) is 24.1 Å². The van der Waals surface area contributed by atoms with Crippen LogP contribution in [-0.4, -0.2) is 46.4 Å². The van der Waals surface area contributed by atoms with Crippen molar-refractivity contribution in [2.45, 2.75) is 13.5 Å². The van der Waals surface area contributed by atoms with Crippen molar-refractivity contribution in [3.05, 3.63) is 47.5 Å². The van der Waals surface area contributed by atoms with E-state index in [2.05, 4.69) is 25.5 Å². The quantitative estimate of drug-likeness (QED) is 0.433. The summed E-state index contributed by atoms with van der Waals surface area (Å²) in [6.07, 6.45) is 7.29. The zero-order chi connectivity index (χ0) is 20.7. The topological polar surface area (TPSA) is 111 Å². The van der Waals surface area contributed by atoms with E-state index in [4.69, 9.17) is 14.8 Å². The number of aryl methyl sites for hydroxylation is 2. The second-order valence-corrected chi connectivity index (χ2v) is 7.64. The highest BCUT2D eigenvalue weighted by molar-refractivity contribution is 7.13. The van der Waals surface area contributed by atoms with Crippen molar-refractivity contribution in [1.29, 1.82) is 0 Å². The molecule has 0 saturated carbocycles. The number of imidazole rings is 1. The van der Waals surface area contributed by atoms with E-state index in [1.807, 2.05) is 46.9 Å². The lowest BCUT2D eigenvalue weighted by molar-refractivity contribution is 0.182. The number of rotatable bonds is 6. The van der Waals surface area contributed by atoms with Crippen LogP contribution in [0.4, 0.5) is 10.9 Å². The number of nitrogens with one attached hydrogen (secondary N) is 2. The molecule has 0 amide bonds. The molecule has 0 bridgehead atoms. The van der Waals surface area contributed by atoms with Crippen LogP contribution < -0.4 is 5.32 Å². The molecule has 11 heteroatoms. The third-order valence-electron chi connectivity index (χ3n) is 4.77. The first kappa shape index (κ1) is 18.5. The molecule has 5 heterocycles. The van der Waals surface area contributed by atoms with Gasteiger partial charge in [0.1, 0.15) is 5.52 Å². The van der Waals surface area contributed by atoms with Gasteiger partial charge in [0.25, 0.3) is 0 Å². The summed E-state index contributed by atoms with van der Waals surface area (Å²) in [4.78, 5) is 13.8. The van der Waals surface area contributed by atoms with Crippen LogP contribution >= 0.6 is 11.3 Å². The maximum Gasteiger partial charge on any atom is 0.218 e. The molecule has 0 aromatic carbocycles. The highest BCUT2D eigenvalue weighted by Crippen LogP contribution is 2.32. The van der Waals surface area contributed by atoms with Gasteiger partial charge in [-0.1, -0.05) is 0 Å². The zero-order valence-electron chi connectivity index (χ0n) is 16.6. The number of hydrogen-bond donors (Lipinski definition) is 2. The average molecular weight is 421 g/mol. The van der Waals surface area contributed by atoms with Crippen LogP contribution in [0.15, 0.2) is 36.2 Å². The fourth-order valence-corrected chi connectivity index (χ4v) is 4.05. The molecule has 0 aliphatic carbocycles. The van der Waals surface area contributed by atoms with Crippen LogP contribution in [-0.2, 0) is 18.4 Å². The van der Waals surface area contributed by atoms with Gasteiger partial charge in [-0.25, -0.2) is 19.5 Å². The Morgan fingerprint density at radius 1 is 1.27 bits per heavy atom. The Labute approximate surface area is 175 Å². The fourth-order valence-electron chi connectivity index (χ4n) is 3.35. The van der Waals surface area contributed by atoms with Crippen molar-refractivity contribution in [2.75, 3.05) is 12.4 Å². The lowest BCUT2D eigenvalue weighted by Gasteiger charge is -2.09. The van der Waals surface area contributed by atoms with E-state index in [1.54, 1.807) is 19.5 Å². The van der Waals surface area contributed by atoms with E-state index in [1.165, 1.54) is 11.3 Å². The van der Waals surface area contributed by atoms with Gasteiger partial charge in [0.2, 0.25) is 5.82 Å². The molecule has 0 radical (unpaired) electrons. The van der Waals surface area contributed by atoms with Gasteiger partial charge in [-0.15, -0.1) is 16.4 Å². The number of anilines is 2. The third kappa shape index (κ3) is 3.13. The number of hydrogen-bond acceptors (Lipinski definition) is 8. The Kier molecular flexibility index (Phi) is 4.52. The van der Waals surface area contributed by atoms with Crippen LogP contribution in [0.5, 0.6) is 0 Å². The second-order valence-electron chi connectivity index (χ2n) is 6.78. The van der Waals surface area contributed by atoms with Gasteiger partial charge in [0, 0.05) is 49.9 Å². The summed E-state index contributed by atoms with van der Waals surface area (Å²) in [5.41, 5.74) is 4.67. The molecule has 152 valence electrons. The zero-order valence-corrected chi connectivity index (χ0v) is 17.4. The van der Waals surface area contributed by atoms with Crippen molar-refractivity contribution in [2.24, 2.45) is 7.05 Å². The molecule has 0 aliphatic heterocycles. The average Bonchev–Trinajstić information content (AvgIpc) is 3.50. The molecule has 10 nitrogen and oxygen atoms in total. The molecule has 5 aromatic rings. The first-order chi connectivity index (χ1) is 14.6. The first-order valence-electron chi connectivity index (χ1n) is 9.22. The van der Waals surface area contributed by atoms with Crippen molar-refractivity contribution >= 4 is 27.8 Å². The van der Waals surface area contributed by atoms with Crippen LogP contribution in [0.1, 0.15) is 11.3 Å². The highest BCUT2D eigenvalue weighted by atomic mass is 32.1. The van der Waals surface area contributed by atoms with Crippen molar-refractivity contribution in [1.82, 2.24) is 39.3 Å². The van der Waals surface area contributed by atoms with Gasteiger partial charge in [0.15, 0.2) is 16.8 Å². The number of methoxy groups -OCH3 is 1. The van der Waals surface area contributed by atoms with E-state index < -0.39 is 0 Å². The number of aromatic amines is 1. The minimum absolute atomic E-state index is 0.462. The van der Waals surface area contributed by atoms with Crippen LogP contribution in [0.25, 0.3) is 28.4 Å². The third-order valence-corrected chi connectivity index (χ3v) is 5.57. The lowest BCUT2D eigenvalue weighted by Crippen LogP contribution is -2.06. The Balaban J connectivity index is 1.68. The molecule has 0 unspecified atom stereocenters. The lowest BCUT2D eigenvalue weighted by atomic mass is 10.1. The number of fused-ring (bicyclic) bond motifs is 1. The summed E-state index contributed by atoms with van der Waals surface area (Å²) in [5.74, 6) is 1.84. The van der Waals surface area contributed by atoms with Gasteiger partial charge in [-0.2, -0.15) is 5.10 Å². The summed E-state index contributed by atoms with van der Waals surface area (Å²) in [6, 6.07) is 1.93. The number of thiazole rings is 1. The van der Waals surface area contributed by atoms with Crippen LogP contribution in [0.2, 0.25) is 0 Å². The molecule has 0 aliphatic rings. The molecule has 30 heavy (non-hydrogen) atoms. The van der Waals surface area contributed by atoms with Crippen molar-refractivity contribution < 1.29 is 4.74 Å². The first-order valence-corrected chi connectivity index (χ1v) is 10.1. The number of ether oxygens (including phenoxy) is 1. The molecule has 2 N–H and O–H groups in total. The van der Waals surface area contributed by atoms with Crippen LogP contribution in [0, 0.1) is 6.92 Å². The van der Waals surface area contributed by atoms with E-state index >= 15 is 0 Å². The largest absolute Gasteiger partial charge is 0.378 e. The number of H-pyrrole nitrogens is 1. The monoisotopic (exact) mass is 421 g/mol. The minimum Gasteiger partial charge on any atom is -0.378 e. The Hall–Kier alpha value is -3.57. The van der Waals surface area contributed by atoms with Gasteiger partial charge in [0.05, 0.1) is 18.0 Å². The maximum atomic E-state index is 5.17. The summed E-state index contributed by atoms with van der Waals surface area (Å²) in [7, 11) is 3.57. The smallest absolute Gasteiger partial charge is 0.218 e. The summed E-state index contributed by atoms with van der Waals surface area (Å²) in [6.45, 7) is 2.50. The number of aromatic nitrogens is 8. The Morgan fingerprint density at radius 3 is 2.90 bits per heavy atom. The van der Waals surface area contributed by atoms with E-state index in [0.717, 1.165) is 33.2 Å². The molecule has 0 spiro atoms. The maximum absolute atomic E-state index is 5.17. The standard InChI is InChI=1S/C19H19N9OS/c1-11-13(14-4-5-21-25-14)8-28-15(11)16(24-19-22-12(9-29-3)10-30-19)23-17(26-28)18-20-6-7-27(18)2/h4-8,10H,9H2,1-3H3,(H,21,25)(H,22,23,24,26). The molecule has 5 aromatic heterocycles. The normalized spacial score (nSPS) is 11.4. The van der Waals surface area contributed by atoms with Gasteiger partial charge < -0.3 is 14.6 Å². The molecule has 0 saturated heterocycles. The molecular weight excluding hydrogens is 402 g/mol. The predicted octanol–water partition coefficient (Wildman–Crippen LogP) is 3.17. The SMILES string of the molecule is COCc1csc(Nc2nc(-c3nccn3C)nn3cc(-c4ccn[nH]4)c(C)c23)n1. The fraction of sp³-hybridized carbons (Fsp3) is 0.211. The molecular formula is C19H19N9OS. The van der Waals surface area contributed by atoms with E-state index in [9.17, 15) is 0 Å². The molecule has 0 fully saturated rings. The van der Waals surface area contributed by atoms with Crippen LogP contribution in [0.3, 0.4) is 0 Å². The minimum atomic E-state index is 0.462. The van der Waals surface area contributed by atoms with Gasteiger partial charge >= 0.3 is 0 Å². The summed E-state index contributed by atoms with van der Waals surface area (Å²) < 4.78 is 8.89. The van der Waals surface area contributed by atoms with Crippen molar-refractivity contribution in [3.63, 3.8) is 0 Å². The Bertz CT molecular complexity index is 1320. The molecule has 5 rings (SSSR count). The summed E-state index contributed by atoms with van der Waals surface area (Å²) >= 11 is 1.50.